The monoisotopic (exact) mass is 310 g/mol. The normalized spacial score (nSPS) is 27.5. The number of amides is 2. The number of hydrogen-bond donors (Lipinski definition) is 2. The number of nitrogens with one attached hydrogen (secondary N) is 2. The van der Waals surface area contributed by atoms with Crippen molar-refractivity contribution in [3.05, 3.63) is 0 Å². The lowest BCUT2D eigenvalue weighted by atomic mass is 9.85. The third-order valence-electron chi connectivity index (χ3n) is 5.41. The van der Waals surface area contributed by atoms with Crippen LogP contribution in [0.2, 0.25) is 0 Å². The molecule has 5 heteroatoms. The molecule has 2 rings (SSSR count). The standard InChI is InChI=1S/C17H34N4O/c1-20(2)13-17(9-5-6-10-17)12-18-16(22)19-14-7-8-15(11-14)21(3)4/h14-15H,5-13H2,1-4H3,(H2,18,19,22)/t14-,15-/m0/s1. The number of rotatable bonds is 6. The lowest BCUT2D eigenvalue weighted by Gasteiger charge is -2.32. The van der Waals surface area contributed by atoms with Gasteiger partial charge in [-0.2, -0.15) is 0 Å². The Balaban J connectivity index is 1.75. The van der Waals surface area contributed by atoms with Crippen LogP contribution >= 0.6 is 0 Å². The highest BCUT2D eigenvalue weighted by atomic mass is 16.2. The number of carbonyl (C=O) groups is 1. The van der Waals surface area contributed by atoms with Crippen LogP contribution < -0.4 is 10.6 Å². The second-order valence-corrected chi connectivity index (χ2v) is 7.90. The van der Waals surface area contributed by atoms with Gasteiger partial charge >= 0.3 is 6.03 Å². The van der Waals surface area contributed by atoms with Crippen molar-refractivity contribution in [2.75, 3.05) is 41.3 Å². The summed E-state index contributed by atoms with van der Waals surface area (Å²) in [5.41, 5.74) is 0.280. The largest absolute Gasteiger partial charge is 0.338 e. The van der Waals surface area contributed by atoms with Gasteiger partial charge in [-0.15, -0.1) is 0 Å². The van der Waals surface area contributed by atoms with Gasteiger partial charge in [-0.25, -0.2) is 4.79 Å². The van der Waals surface area contributed by atoms with Crippen molar-refractivity contribution in [3.8, 4) is 0 Å². The van der Waals surface area contributed by atoms with Crippen molar-refractivity contribution < 1.29 is 4.79 Å². The molecule has 0 aromatic rings. The zero-order chi connectivity index (χ0) is 16.2. The molecule has 2 aliphatic carbocycles. The smallest absolute Gasteiger partial charge is 0.315 e. The molecule has 0 radical (unpaired) electrons. The third-order valence-corrected chi connectivity index (χ3v) is 5.41. The van der Waals surface area contributed by atoms with E-state index in [0.29, 0.717) is 12.1 Å². The van der Waals surface area contributed by atoms with E-state index in [4.69, 9.17) is 0 Å². The van der Waals surface area contributed by atoms with Crippen LogP contribution in [-0.2, 0) is 0 Å². The van der Waals surface area contributed by atoms with Crippen molar-refractivity contribution in [2.45, 2.75) is 57.0 Å². The Morgan fingerprint density at radius 1 is 1.14 bits per heavy atom. The number of urea groups is 1. The van der Waals surface area contributed by atoms with Gasteiger partial charge in [0.15, 0.2) is 0 Å². The highest BCUT2D eigenvalue weighted by Crippen LogP contribution is 2.37. The van der Waals surface area contributed by atoms with Crippen molar-refractivity contribution in [1.82, 2.24) is 20.4 Å². The van der Waals surface area contributed by atoms with E-state index in [1.807, 2.05) is 0 Å². The van der Waals surface area contributed by atoms with Crippen LogP contribution in [-0.4, -0.2) is 69.2 Å². The summed E-state index contributed by atoms with van der Waals surface area (Å²) in [5, 5.41) is 6.32. The molecule has 2 aliphatic rings. The minimum atomic E-state index is 0.0226. The Hall–Kier alpha value is -0.810. The summed E-state index contributed by atoms with van der Waals surface area (Å²) in [4.78, 5) is 16.7. The lowest BCUT2D eigenvalue weighted by Crippen LogP contribution is -2.47. The second kappa shape index (κ2) is 7.64. The topological polar surface area (TPSA) is 47.6 Å². The van der Waals surface area contributed by atoms with Gasteiger partial charge in [0.05, 0.1) is 0 Å². The molecule has 22 heavy (non-hydrogen) atoms. The summed E-state index contributed by atoms with van der Waals surface area (Å²) >= 11 is 0. The first-order valence-electron chi connectivity index (χ1n) is 8.76. The number of carbonyl (C=O) groups excluding carboxylic acids is 1. The Bertz CT molecular complexity index is 364. The summed E-state index contributed by atoms with van der Waals surface area (Å²) in [6, 6.07) is 0.968. The Morgan fingerprint density at radius 2 is 1.82 bits per heavy atom. The molecular weight excluding hydrogens is 276 g/mol. The molecule has 2 amide bonds. The minimum absolute atomic E-state index is 0.0226. The van der Waals surface area contributed by atoms with Gasteiger partial charge in [0, 0.05) is 30.6 Å². The molecular formula is C17H34N4O. The van der Waals surface area contributed by atoms with Crippen LogP contribution in [0.1, 0.15) is 44.9 Å². The van der Waals surface area contributed by atoms with Crippen LogP contribution in [0.4, 0.5) is 4.79 Å². The van der Waals surface area contributed by atoms with Crippen molar-refractivity contribution in [3.63, 3.8) is 0 Å². The molecule has 0 aromatic carbocycles. The van der Waals surface area contributed by atoms with Gasteiger partial charge in [-0.3, -0.25) is 0 Å². The third kappa shape index (κ3) is 4.85. The van der Waals surface area contributed by atoms with Crippen LogP contribution in [0.3, 0.4) is 0 Å². The molecule has 2 N–H and O–H groups in total. The van der Waals surface area contributed by atoms with Crippen LogP contribution in [0.5, 0.6) is 0 Å². The minimum Gasteiger partial charge on any atom is -0.338 e. The fourth-order valence-electron chi connectivity index (χ4n) is 4.25. The molecule has 0 saturated heterocycles. The number of nitrogens with zero attached hydrogens (tertiary/aromatic N) is 2. The maximum Gasteiger partial charge on any atom is 0.315 e. The summed E-state index contributed by atoms with van der Waals surface area (Å²) in [5.74, 6) is 0. The summed E-state index contributed by atoms with van der Waals surface area (Å²) < 4.78 is 0. The zero-order valence-electron chi connectivity index (χ0n) is 14.8. The second-order valence-electron chi connectivity index (χ2n) is 7.90. The van der Waals surface area contributed by atoms with Crippen molar-refractivity contribution >= 4 is 6.03 Å². The number of hydrogen-bond acceptors (Lipinski definition) is 3. The van der Waals surface area contributed by atoms with Gasteiger partial charge in [-0.05, 0) is 60.3 Å². The maximum atomic E-state index is 12.2. The van der Waals surface area contributed by atoms with Gasteiger partial charge in [0.2, 0.25) is 0 Å². The van der Waals surface area contributed by atoms with E-state index in [-0.39, 0.29) is 11.4 Å². The highest BCUT2D eigenvalue weighted by molar-refractivity contribution is 5.74. The molecule has 128 valence electrons. The predicted octanol–water partition coefficient (Wildman–Crippen LogP) is 1.89. The van der Waals surface area contributed by atoms with Gasteiger partial charge in [0.25, 0.3) is 0 Å². The molecule has 2 saturated carbocycles. The fraction of sp³-hybridized carbons (Fsp3) is 0.941. The van der Waals surface area contributed by atoms with Crippen LogP contribution in [0.15, 0.2) is 0 Å². The van der Waals surface area contributed by atoms with E-state index in [1.165, 1.54) is 32.1 Å². The van der Waals surface area contributed by atoms with Gasteiger partial charge in [-0.1, -0.05) is 12.8 Å². The van der Waals surface area contributed by atoms with E-state index in [0.717, 1.165) is 25.9 Å². The molecule has 0 aromatic heterocycles. The molecule has 0 bridgehead atoms. The summed E-state index contributed by atoms with van der Waals surface area (Å²) in [6.45, 7) is 1.88. The molecule has 0 unspecified atom stereocenters. The first-order chi connectivity index (χ1) is 10.4. The average molecular weight is 310 g/mol. The molecule has 0 spiro atoms. The van der Waals surface area contributed by atoms with Crippen molar-refractivity contribution in [2.24, 2.45) is 5.41 Å². The van der Waals surface area contributed by atoms with Crippen molar-refractivity contribution in [1.29, 1.82) is 0 Å². The van der Waals surface area contributed by atoms with Crippen LogP contribution in [0, 0.1) is 5.41 Å². The van der Waals surface area contributed by atoms with Gasteiger partial charge in [0.1, 0.15) is 0 Å². The first kappa shape index (κ1) is 17.5. The Kier molecular flexibility index (Phi) is 6.09. The maximum absolute atomic E-state index is 12.2. The van der Waals surface area contributed by atoms with E-state index >= 15 is 0 Å². The van der Waals surface area contributed by atoms with E-state index in [9.17, 15) is 4.79 Å². The molecule has 0 aliphatic heterocycles. The Morgan fingerprint density at radius 3 is 2.36 bits per heavy atom. The molecule has 5 nitrogen and oxygen atoms in total. The summed E-state index contributed by atoms with van der Waals surface area (Å²) in [7, 11) is 8.50. The summed E-state index contributed by atoms with van der Waals surface area (Å²) in [6.07, 6.45) is 8.41. The van der Waals surface area contributed by atoms with Gasteiger partial charge < -0.3 is 20.4 Å². The molecule has 0 heterocycles. The quantitative estimate of drug-likeness (QED) is 0.787. The SMILES string of the molecule is CN(C)CC1(CNC(=O)N[C@H]2CC[C@H](N(C)C)C2)CCCC1. The van der Waals surface area contributed by atoms with E-state index in [1.54, 1.807) is 0 Å². The average Bonchev–Trinajstić information content (AvgIpc) is 3.06. The van der Waals surface area contributed by atoms with E-state index in [2.05, 4.69) is 48.6 Å². The predicted molar refractivity (Wildman–Crippen MR) is 91.1 cm³/mol. The molecule has 2 atom stereocenters. The highest BCUT2D eigenvalue weighted by Gasteiger charge is 2.35. The first-order valence-corrected chi connectivity index (χ1v) is 8.76. The molecule has 2 fully saturated rings. The fourth-order valence-corrected chi connectivity index (χ4v) is 4.25. The lowest BCUT2D eigenvalue weighted by molar-refractivity contribution is 0.188. The van der Waals surface area contributed by atoms with Crippen LogP contribution in [0.25, 0.3) is 0 Å². The Labute approximate surface area is 135 Å². The van der Waals surface area contributed by atoms with E-state index < -0.39 is 0 Å². The zero-order valence-corrected chi connectivity index (χ0v) is 14.8.